The van der Waals surface area contributed by atoms with Crippen LogP contribution in [0.3, 0.4) is 0 Å². The number of nitrogens with one attached hydrogen (secondary N) is 2. The van der Waals surface area contributed by atoms with Crippen LogP contribution in [-0.4, -0.2) is 22.5 Å². The zero-order chi connectivity index (χ0) is 18.1. The van der Waals surface area contributed by atoms with E-state index in [0.717, 1.165) is 19.3 Å². The van der Waals surface area contributed by atoms with Crippen molar-refractivity contribution in [3.63, 3.8) is 0 Å². The number of hydrogen-bond acceptors (Lipinski definition) is 5. The lowest BCUT2D eigenvalue weighted by molar-refractivity contribution is -0.117. The zero-order valence-electron chi connectivity index (χ0n) is 14.4. The van der Waals surface area contributed by atoms with Crippen molar-refractivity contribution < 1.29 is 9.53 Å². The van der Waals surface area contributed by atoms with E-state index >= 15 is 0 Å². The minimum atomic E-state index is -0.172. The molecule has 2 N–H and O–H groups in total. The van der Waals surface area contributed by atoms with E-state index in [1.54, 1.807) is 0 Å². The lowest BCUT2D eigenvalue weighted by Gasteiger charge is -2.13. The van der Waals surface area contributed by atoms with Crippen molar-refractivity contribution in [1.29, 1.82) is 0 Å². The summed E-state index contributed by atoms with van der Waals surface area (Å²) < 4.78 is 6.42. The number of fused-ring (bicyclic) bond motifs is 1. The SMILES string of the molecule is CCCOc1ccc(NC(=O)C2CC2)cc1-c1nc2ccsc2c(=O)[nH]1. The molecular weight excluding hydrogens is 350 g/mol. The molecule has 0 aliphatic heterocycles. The monoisotopic (exact) mass is 369 g/mol. The maximum atomic E-state index is 12.3. The summed E-state index contributed by atoms with van der Waals surface area (Å²) in [6, 6.07) is 7.26. The fourth-order valence-corrected chi connectivity index (χ4v) is 3.45. The van der Waals surface area contributed by atoms with E-state index in [0.29, 0.717) is 39.6 Å². The van der Waals surface area contributed by atoms with E-state index < -0.39 is 0 Å². The number of carbonyl (C=O) groups is 1. The predicted molar refractivity (Wildman–Crippen MR) is 103 cm³/mol. The normalized spacial score (nSPS) is 13.7. The second-order valence-corrected chi connectivity index (χ2v) is 7.29. The highest BCUT2D eigenvalue weighted by atomic mass is 32.1. The van der Waals surface area contributed by atoms with Crippen molar-refractivity contribution in [3.8, 4) is 17.1 Å². The maximum absolute atomic E-state index is 12.3. The molecule has 4 rings (SSSR count). The van der Waals surface area contributed by atoms with Gasteiger partial charge in [-0.05, 0) is 48.9 Å². The number of aromatic nitrogens is 2. The summed E-state index contributed by atoms with van der Waals surface area (Å²) in [5.41, 5.74) is 1.82. The first-order chi connectivity index (χ1) is 12.7. The molecule has 0 spiro atoms. The first-order valence-corrected chi connectivity index (χ1v) is 9.59. The van der Waals surface area contributed by atoms with Gasteiger partial charge in [0.05, 0.1) is 17.7 Å². The molecular formula is C19H19N3O3S. The van der Waals surface area contributed by atoms with Gasteiger partial charge < -0.3 is 15.0 Å². The van der Waals surface area contributed by atoms with Crippen molar-refractivity contribution in [1.82, 2.24) is 9.97 Å². The average Bonchev–Trinajstić information content (AvgIpc) is 3.38. The fourth-order valence-electron chi connectivity index (χ4n) is 2.72. The zero-order valence-corrected chi connectivity index (χ0v) is 15.2. The minimum Gasteiger partial charge on any atom is -0.493 e. The Morgan fingerprint density at radius 2 is 2.23 bits per heavy atom. The number of benzene rings is 1. The number of H-pyrrole nitrogens is 1. The van der Waals surface area contributed by atoms with Gasteiger partial charge in [0.25, 0.3) is 5.56 Å². The second kappa shape index (κ2) is 6.92. The molecule has 134 valence electrons. The summed E-state index contributed by atoms with van der Waals surface area (Å²) in [6.07, 6.45) is 2.76. The van der Waals surface area contributed by atoms with E-state index in [1.807, 2.05) is 36.6 Å². The number of carbonyl (C=O) groups excluding carboxylic acids is 1. The average molecular weight is 369 g/mol. The van der Waals surface area contributed by atoms with Gasteiger partial charge in [0.2, 0.25) is 5.91 Å². The van der Waals surface area contributed by atoms with Crippen molar-refractivity contribution in [2.75, 3.05) is 11.9 Å². The van der Waals surface area contributed by atoms with Gasteiger partial charge in [0.1, 0.15) is 16.3 Å². The molecule has 1 aromatic carbocycles. The molecule has 0 unspecified atom stereocenters. The largest absolute Gasteiger partial charge is 0.493 e. The first kappa shape index (κ1) is 16.8. The molecule has 0 radical (unpaired) electrons. The molecule has 26 heavy (non-hydrogen) atoms. The molecule has 0 saturated heterocycles. The number of amides is 1. The van der Waals surface area contributed by atoms with E-state index in [4.69, 9.17) is 4.74 Å². The molecule has 1 fully saturated rings. The minimum absolute atomic E-state index is 0.0351. The van der Waals surface area contributed by atoms with E-state index in [1.165, 1.54) is 11.3 Å². The molecule has 2 heterocycles. The molecule has 1 aliphatic rings. The lowest BCUT2D eigenvalue weighted by atomic mass is 10.1. The summed E-state index contributed by atoms with van der Waals surface area (Å²) in [4.78, 5) is 31.8. The highest BCUT2D eigenvalue weighted by Crippen LogP contribution is 2.34. The summed E-state index contributed by atoms with van der Waals surface area (Å²) in [7, 11) is 0. The fraction of sp³-hybridized carbons (Fsp3) is 0.316. The predicted octanol–water partition coefficient (Wildman–Crippen LogP) is 3.79. The van der Waals surface area contributed by atoms with Gasteiger partial charge >= 0.3 is 0 Å². The van der Waals surface area contributed by atoms with Gasteiger partial charge in [0.15, 0.2) is 0 Å². The van der Waals surface area contributed by atoms with Crippen molar-refractivity contribution in [2.24, 2.45) is 5.92 Å². The standard InChI is InChI=1S/C19H19N3O3S/c1-2-8-25-15-6-5-12(20-18(23)11-3-4-11)10-13(15)17-21-14-7-9-26-16(14)19(24)22-17/h5-7,9-11H,2-4,8H2,1H3,(H,20,23)(H,21,22,24). The Kier molecular flexibility index (Phi) is 4.46. The Morgan fingerprint density at radius 1 is 1.38 bits per heavy atom. The topological polar surface area (TPSA) is 84.1 Å². The lowest BCUT2D eigenvalue weighted by Crippen LogP contribution is -2.14. The Morgan fingerprint density at radius 3 is 3.00 bits per heavy atom. The van der Waals surface area contributed by atoms with Crippen molar-refractivity contribution >= 4 is 33.1 Å². The first-order valence-electron chi connectivity index (χ1n) is 8.71. The number of rotatable bonds is 6. The highest BCUT2D eigenvalue weighted by Gasteiger charge is 2.29. The summed E-state index contributed by atoms with van der Waals surface area (Å²) in [5, 5.41) is 4.78. The van der Waals surface area contributed by atoms with Gasteiger partial charge in [-0.3, -0.25) is 9.59 Å². The molecule has 1 amide bonds. The Hall–Kier alpha value is -2.67. The summed E-state index contributed by atoms with van der Waals surface area (Å²) in [5.74, 6) is 1.23. The van der Waals surface area contributed by atoms with Gasteiger partial charge in [-0.15, -0.1) is 11.3 Å². The number of nitrogens with zero attached hydrogens (tertiary/aromatic N) is 1. The third-order valence-corrected chi connectivity index (χ3v) is 5.13. The second-order valence-electron chi connectivity index (χ2n) is 6.37. The Balaban J connectivity index is 1.76. The van der Waals surface area contributed by atoms with E-state index in [9.17, 15) is 9.59 Å². The van der Waals surface area contributed by atoms with Crippen LogP contribution in [0.15, 0.2) is 34.4 Å². The third-order valence-electron chi connectivity index (χ3n) is 4.23. The maximum Gasteiger partial charge on any atom is 0.269 e. The number of aromatic amines is 1. The van der Waals surface area contributed by atoms with E-state index in [-0.39, 0.29) is 17.4 Å². The van der Waals surface area contributed by atoms with Crippen LogP contribution in [0, 0.1) is 5.92 Å². The molecule has 0 bridgehead atoms. The summed E-state index contributed by atoms with van der Waals surface area (Å²) >= 11 is 1.36. The smallest absolute Gasteiger partial charge is 0.269 e. The summed E-state index contributed by atoms with van der Waals surface area (Å²) in [6.45, 7) is 2.59. The van der Waals surface area contributed by atoms with Crippen LogP contribution < -0.4 is 15.6 Å². The van der Waals surface area contributed by atoms with Crippen LogP contribution in [0.4, 0.5) is 5.69 Å². The van der Waals surface area contributed by atoms with Crippen molar-refractivity contribution in [2.45, 2.75) is 26.2 Å². The molecule has 1 saturated carbocycles. The number of anilines is 1. The van der Waals surface area contributed by atoms with Crippen LogP contribution in [0.25, 0.3) is 21.6 Å². The molecule has 0 atom stereocenters. The number of hydrogen-bond donors (Lipinski definition) is 2. The quantitative estimate of drug-likeness (QED) is 0.692. The molecule has 7 heteroatoms. The number of thiophene rings is 1. The molecule has 1 aliphatic carbocycles. The van der Waals surface area contributed by atoms with Crippen LogP contribution in [0.1, 0.15) is 26.2 Å². The Labute approximate surface area is 154 Å². The Bertz CT molecular complexity index is 1020. The van der Waals surface area contributed by atoms with Gasteiger partial charge in [0, 0.05) is 11.6 Å². The van der Waals surface area contributed by atoms with Crippen molar-refractivity contribution in [3.05, 3.63) is 40.0 Å². The molecule has 2 aromatic heterocycles. The molecule has 6 nitrogen and oxygen atoms in total. The van der Waals surface area contributed by atoms with Gasteiger partial charge in [-0.2, -0.15) is 0 Å². The van der Waals surface area contributed by atoms with Crippen LogP contribution >= 0.6 is 11.3 Å². The van der Waals surface area contributed by atoms with Crippen LogP contribution in [0.2, 0.25) is 0 Å². The van der Waals surface area contributed by atoms with Gasteiger partial charge in [-0.1, -0.05) is 6.92 Å². The third kappa shape index (κ3) is 3.35. The highest BCUT2D eigenvalue weighted by molar-refractivity contribution is 7.17. The van der Waals surface area contributed by atoms with E-state index in [2.05, 4.69) is 15.3 Å². The van der Waals surface area contributed by atoms with Crippen LogP contribution in [-0.2, 0) is 4.79 Å². The van der Waals surface area contributed by atoms with Gasteiger partial charge in [-0.25, -0.2) is 4.98 Å². The molecule has 3 aromatic rings. The van der Waals surface area contributed by atoms with Crippen LogP contribution in [0.5, 0.6) is 5.75 Å². The number of ether oxygens (including phenoxy) is 1.